The number of alkyl carbamates (subject to hydrolysis) is 1. The first kappa shape index (κ1) is 24.0. The van der Waals surface area contributed by atoms with Crippen molar-refractivity contribution in [1.29, 1.82) is 0 Å². The standard InChI is InChI=1S/C25H29N3O5/c1-6-31-23(29)21(28-24(30)33-25(3,4)5)14-17-7-9-19(10-8-17)32-22-20-15-26-12-11-18(20)13-16(2)27-22/h7-13,15,21H,6,14H2,1-5H3,(H,28,30)/t21-/m0/s1. The van der Waals surface area contributed by atoms with E-state index in [1.54, 1.807) is 52.2 Å². The fraction of sp³-hybridized carbons (Fsp3) is 0.360. The Morgan fingerprint density at radius 1 is 1.12 bits per heavy atom. The molecule has 0 bridgehead atoms. The fourth-order valence-electron chi connectivity index (χ4n) is 3.19. The van der Waals surface area contributed by atoms with Gasteiger partial charge in [-0.1, -0.05) is 12.1 Å². The fourth-order valence-corrected chi connectivity index (χ4v) is 3.19. The Kier molecular flexibility index (Phi) is 7.48. The number of rotatable bonds is 7. The van der Waals surface area contributed by atoms with Crippen molar-refractivity contribution in [3.05, 3.63) is 60.0 Å². The van der Waals surface area contributed by atoms with E-state index in [9.17, 15) is 9.59 Å². The lowest BCUT2D eigenvalue weighted by molar-refractivity contribution is -0.145. The minimum Gasteiger partial charge on any atom is -0.464 e. The lowest BCUT2D eigenvalue weighted by atomic mass is 10.1. The monoisotopic (exact) mass is 451 g/mol. The van der Waals surface area contributed by atoms with Crippen LogP contribution in [0, 0.1) is 6.92 Å². The van der Waals surface area contributed by atoms with Gasteiger partial charge in [-0.3, -0.25) is 4.98 Å². The molecule has 8 nitrogen and oxygen atoms in total. The Hall–Kier alpha value is -3.68. The predicted octanol–water partition coefficient (Wildman–Crippen LogP) is 4.73. The summed E-state index contributed by atoms with van der Waals surface area (Å²) in [5.41, 5.74) is 0.984. The molecule has 2 heterocycles. The van der Waals surface area contributed by atoms with Crippen molar-refractivity contribution in [3.63, 3.8) is 0 Å². The van der Waals surface area contributed by atoms with Crippen molar-refractivity contribution in [2.45, 2.75) is 52.7 Å². The third-order valence-electron chi connectivity index (χ3n) is 4.57. The van der Waals surface area contributed by atoms with Gasteiger partial charge in [0.2, 0.25) is 5.88 Å². The Morgan fingerprint density at radius 3 is 2.52 bits per heavy atom. The van der Waals surface area contributed by atoms with Crippen LogP contribution in [0.4, 0.5) is 4.79 Å². The number of esters is 1. The van der Waals surface area contributed by atoms with Gasteiger partial charge in [-0.05, 0) is 69.8 Å². The van der Waals surface area contributed by atoms with Crippen LogP contribution in [-0.2, 0) is 20.7 Å². The van der Waals surface area contributed by atoms with E-state index in [0.29, 0.717) is 11.6 Å². The number of nitrogens with one attached hydrogen (secondary N) is 1. The summed E-state index contributed by atoms with van der Waals surface area (Å²) < 4.78 is 16.4. The number of amides is 1. The van der Waals surface area contributed by atoms with E-state index < -0.39 is 23.7 Å². The largest absolute Gasteiger partial charge is 0.464 e. The van der Waals surface area contributed by atoms with Gasteiger partial charge in [-0.2, -0.15) is 0 Å². The van der Waals surface area contributed by atoms with Crippen LogP contribution in [0.15, 0.2) is 48.8 Å². The molecule has 8 heteroatoms. The summed E-state index contributed by atoms with van der Waals surface area (Å²) in [7, 11) is 0. The lowest BCUT2D eigenvalue weighted by Gasteiger charge is -2.23. The molecule has 0 spiro atoms. The summed E-state index contributed by atoms with van der Waals surface area (Å²) >= 11 is 0. The molecule has 174 valence electrons. The van der Waals surface area contributed by atoms with E-state index in [2.05, 4.69) is 15.3 Å². The van der Waals surface area contributed by atoms with Crippen molar-refractivity contribution in [1.82, 2.24) is 15.3 Å². The Balaban J connectivity index is 1.73. The molecule has 2 aromatic heterocycles. The van der Waals surface area contributed by atoms with Crippen LogP contribution in [0.1, 0.15) is 39.0 Å². The van der Waals surface area contributed by atoms with Gasteiger partial charge in [0, 0.05) is 24.5 Å². The lowest BCUT2D eigenvalue weighted by Crippen LogP contribution is -2.45. The number of hydrogen-bond donors (Lipinski definition) is 1. The van der Waals surface area contributed by atoms with Crippen LogP contribution < -0.4 is 10.1 Å². The SMILES string of the molecule is CCOC(=O)[C@H](Cc1ccc(Oc2nc(C)cc3ccncc23)cc1)NC(=O)OC(C)(C)C. The number of nitrogens with zero attached hydrogens (tertiary/aromatic N) is 2. The molecule has 1 N–H and O–H groups in total. The number of fused-ring (bicyclic) bond motifs is 1. The summed E-state index contributed by atoms with van der Waals surface area (Å²) in [6.07, 6.45) is 3.02. The second kappa shape index (κ2) is 10.3. The van der Waals surface area contributed by atoms with Crippen LogP contribution in [0.25, 0.3) is 10.8 Å². The minimum absolute atomic E-state index is 0.213. The molecule has 3 aromatic rings. The molecule has 33 heavy (non-hydrogen) atoms. The molecular weight excluding hydrogens is 422 g/mol. The Labute approximate surface area is 193 Å². The number of hydrogen-bond acceptors (Lipinski definition) is 7. The van der Waals surface area contributed by atoms with Gasteiger partial charge in [0.25, 0.3) is 0 Å². The average Bonchev–Trinajstić information content (AvgIpc) is 2.73. The first-order valence-electron chi connectivity index (χ1n) is 10.8. The van der Waals surface area contributed by atoms with E-state index in [1.165, 1.54) is 0 Å². The Morgan fingerprint density at radius 2 is 1.85 bits per heavy atom. The third kappa shape index (κ3) is 6.90. The molecular formula is C25H29N3O5. The molecule has 0 saturated heterocycles. The number of aryl methyl sites for hydroxylation is 1. The zero-order chi connectivity index (χ0) is 24.0. The average molecular weight is 452 g/mol. The zero-order valence-corrected chi connectivity index (χ0v) is 19.5. The number of carbonyl (C=O) groups excluding carboxylic acids is 2. The molecule has 0 unspecified atom stereocenters. The molecule has 0 aliphatic heterocycles. The highest BCUT2D eigenvalue weighted by Crippen LogP contribution is 2.28. The van der Waals surface area contributed by atoms with Gasteiger partial charge in [-0.15, -0.1) is 0 Å². The smallest absolute Gasteiger partial charge is 0.408 e. The number of pyridine rings is 2. The third-order valence-corrected chi connectivity index (χ3v) is 4.57. The van der Waals surface area contributed by atoms with Crippen LogP contribution in [-0.4, -0.2) is 40.3 Å². The number of carbonyl (C=O) groups is 2. The van der Waals surface area contributed by atoms with E-state index in [0.717, 1.165) is 22.0 Å². The van der Waals surface area contributed by atoms with Gasteiger partial charge in [0.15, 0.2) is 0 Å². The summed E-state index contributed by atoms with van der Waals surface area (Å²) in [5.74, 6) is 0.545. The maximum Gasteiger partial charge on any atom is 0.408 e. The molecule has 1 atom stereocenters. The van der Waals surface area contributed by atoms with Crippen molar-refractivity contribution in [2.75, 3.05) is 6.61 Å². The van der Waals surface area contributed by atoms with Crippen LogP contribution in [0.3, 0.4) is 0 Å². The summed E-state index contributed by atoms with van der Waals surface area (Å²) in [5, 5.41) is 4.41. The molecule has 3 rings (SSSR count). The topological polar surface area (TPSA) is 99.6 Å². The summed E-state index contributed by atoms with van der Waals surface area (Å²) in [6.45, 7) is 9.10. The highest BCUT2D eigenvalue weighted by Gasteiger charge is 2.25. The second-order valence-electron chi connectivity index (χ2n) is 8.57. The first-order chi connectivity index (χ1) is 15.6. The van der Waals surface area contributed by atoms with Crippen LogP contribution in [0.2, 0.25) is 0 Å². The van der Waals surface area contributed by atoms with Gasteiger partial charge < -0.3 is 19.5 Å². The van der Waals surface area contributed by atoms with Crippen molar-refractivity contribution in [2.24, 2.45) is 0 Å². The molecule has 0 aliphatic carbocycles. The molecule has 1 aromatic carbocycles. The van der Waals surface area contributed by atoms with Crippen LogP contribution in [0.5, 0.6) is 11.6 Å². The molecule has 0 fully saturated rings. The highest BCUT2D eigenvalue weighted by molar-refractivity contribution is 5.86. The molecule has 0 saturated carbocycles. The molecule has 1 amide bonds. The summed E-state index contributed by atoms with van der Waals surface area (Å²) in [4.78, 5) is 33.2. The second-order valence-corrected chi connectivity index (χ2v) is 8.57. The van der Waals surface area contributed by atoms with Gasteiger partial charge in [0.1, 0.15) is 17.4 Å². The van der Waals surface area contributed by atoms with Crippen LogP contribution >= 0.6 is 0 Å². The van der Waals surface area contributed by atoms with E-state index in [1.807, 2.05) is 31.2 Å². The zero-order valence-electron chi connectivity index (χ0n) is 19.5. The van der Waals surface area contributed by atoms with Gasteiger partial charge >= 0.3 is 12.1 Å². The highest BCUT2D eigenvalue weighted by atomic mass is 16.6. The summed E-state index contributed by atoms with van der Waals surface area (Å²) in [6, 6.07) is 10.2. The number of ether oxygens (including phenoxy) is 3. The van der Waals surface area contributed by atoms with Crippen molar-refractivity contribution in [3.8, 4) is 11.6 Å². The number of aromatic nitrogens is 2. The predicted molar refractivity (Wildman–Crippen MR) is 124 cm³/mol. The minimum atomic E-state index is -0.875. The van der Waals surface area contributed by atoms with Gasteiger partial charge in [0.05, 0.1) is 12.0 Å². The molecule has 0 radical (unpaired) electrons. The van der Waals surface area contributed by atoms with E-state index in [4.69, 9.17) is 14.2 Å². The quantitative estimate of drug-likeness (QED) is 0.518. The number of benzene rings is 1. The maximum atomic E-state index is 12.4. The normalized spacial score (nSPS) is 12.2. The van der Waals surface area contributed by atoms with Crippen molar-refractivity contribution < 1.29 is 23.8 Å². The van der Waals surface area contributed by atoms with E-state index >= 15 is 0 Å². The van der Waals surface area contributed by atoms with E-state index in [-0.39, 0.29) is 13.0 Å². The van der Waals surface area contributed by atoms with Crippen molar-refractivity contribution >= 4 is 22.8 Å². The maximum absolute atomic E-state index is 12.4. The van der Waals surface area contributed by atoms with Gasteiger partial charge in [-0.25, -0.2) is 14.6 Å². The Bertz CT molecular complexity index is 1120. The first-order valence-corrected chi connectivity index (χ1v) is 10.8. The molecule has 0 aliphatic rings.